The highest BCUT2D eigenvalue weighted by Gasteiger charge is 2.14. The maximum Gasteiger partial charge on any atom is 0.125 e. The first-order chi connectivity index (χ1) is 7.89. The molecular weight excluding hydrogens is 210 g/mol. The van der Waals surface area contributed by atoms with E-state index in [2.05, 4.69) is 23.4 Å². The quantitative estimate of drug-likeness (QED) is 0.800. The van der Waals surface area contributed by atoms with Gasteiger partial charge in [-0.2, -0.15) is 0 Å². The molecule has 1 rings (SSSR count). The summed E-state index contributed by atoms with van der Waals surface area (Å²) in [6.07, 6.45) is 5.47. The Kier molecular flexibility index (Phi) is 4.07. The maximum atomic E-state index is 5.61. The first kappa shape index (κ1) is 13.4. The zero-order chi connectivity index (χ0) is 13.1. The third kappa shape index (κ3) is 3.42. The molecule has 2 nitrogen and oxygen atoms in total. The summed E-state index contributed by atoms with van der Waals surface area (Å²) in [5, 5.41) is 3.33. The molecule has 2 heteroatoms. The Balaban J connectivity index is 3.03. The van der Waals surface area contributed by atoms with Gasteiger partial charge in [-0.3, -0.25) is 0 Å². The summed E-state index contributed by atoms with van der Waals surface area (Å²) in [7, 11) is 0. The molecule has 0 aliphatic heterocycles. The molecule has 0 amide bonds. The molecule has 0 atom stereocenters. The summed E-state index contributed by atoms with van der Waals surface area (Å²) in [4.78, 5) is 0. The summed E-state index contributed by atoms with van der Waals surface area (Å²) in [6.45, 7) is 10.7. The average Bonchev–Trinajstić information content (AvgIpc) is 2.23. The van der Waals surface area contributed by atoms with Crippen molar-refractivity contribution in [3.05, 3.63) is 23.3 Å². The molecule has 0 saturated heterocycles. The predicted octanol–water partition coefficient (Wildman–Crippen LogP) is 3.53. The van der Waals surface area contributed by atoms with Crippen molar-refractivity contribution in [2.45, 2.75) is 40.2 Å². The van der Waals surface area contributed by atoms with Crippen LogP contribution < -0.4 is 10.1 Å². The lowest BCUT2D eigenvalue weighted by molar-refractivity contribution is 0.335. The van der Waals surface area contributed by atoms with Crippen molar-refractivity contribution < 1.29 is 4.74 Å². The molecule has 92 valence electrons. The summed E-state index contributed by atoms with van der Waals surface area (Å²) in [5.41, 5.74) is 2.95. The van der Waals surface area contributed by atoms with E-state index in [1.54, 1.807) is 0 Å². The molecule has 0 aromatic heterocycles. The van der Waals surface area contributed by atoms with E-state index in [1.807, 2.05) is 34.6 Å². The normalized spacial score (nSPS) is 10.8. The molecule has 17 heavy (non-hydrogen) atoms. The van der Waals surface area contributed by atoms with Gasteiger partial charge in [-0.1, -0.05) is 5.92 Å². The van der Waals surface area contributed by atoms with Crippen LogP contribution in [0.5, 0.6) is 5.75 Å². The van der Waals surface area contributed by atoms with Crippen LogP contribution in [0.15, 0.2) is 12.1 Å². The van der Waals surface area contributed by atoms with Gasteiger partial charge in [0.15, 0.2) is 0 Å². The van der Waals surface area contributed by atoms with Gasteiger partial charge < -0.3 is 10.1 Å². The number of hydrogen-bond donors (Lipinski definition) is 1. The lowest BCUT2D eigenvalue weighted by Crippen LogP contribution is -2.28. The standard InChI is InChI=1S/C15H21NO/c1-7-15(5,6)16-13-9-11(3)14(17-8-2)12(4)10-13/h1,9-10,16H,8H2,2-6H3. The summed E-state index contributed by atoms with van der Waals surface area (Å²) in [6, 6.07) is 4.13. The van der Waals surface area contributed by atoms with Gasteiger partial charge in [-0.05, 0) is 57.9 Å². The number of aryl methyl sites for hydroxylation is 2. The van der Waals surface area contributed by atoms with Crippen molar-refractivity contribution in [1.29, 1.82) is 0 Å². The zero-order valence-corrected chi connectivity index (χ0v) is 11.3. The molecule has 0 saturated carbocycles. The number of rotatable bonds is 4. The summed E-state index contributed by atoms with van der Waals surface area (Å²) in [5.74, 6) is 3.70. The maximum absolute atomic E-state index is 5.61. The molecule has 0 aliphatic rings. The summed E-state index contributed by atoms with van der Waals surface area (Å²) >= 11 is 0. The molecule has 1 aromatic rings. The zero-order valence-electron chi connectivity index (χ0n) is 11.3. The van der Waals surface area contributed by atoms with Crippen LogP contribution in [0.4, 0.5) is 5.69 Å². The van der Waals surface area contributed by atoms with Crippen LogP contribution in [-0.4, -0.2) is 12.1 Å². The van der Waals surface area contributed by atoms with Gasteiger partial charge in [-0.25, -0.2) is 0 Å². The molecule has 0 heterocycles. The highest BCUT2D eigenvalue weighted by molar-refractivity contribution is 5.57. The number of benzene rings is 1. The van der Waals surface area contributed by atoms with Crippen molar-refractivity contribution in [3.63, 3.8) is 0 Å². The minimum atomic E-state index is -0.341. The lowest BCUT2D eigenvalue weighted by Gasteiger charge is -2.22. The van der Waals surface area contributed by atoms with Gasteiger partial charge in [0.1, 0.15) is 5.75 Å². The second kappa shape index (κ2) is 5.14. The number of terminal acetylenes is 1. The van der Waals surface area contributed by atoms with Crippen LogP contribution in [0.1, 0.15) is 31.9 Å². The molecule has 1 aromatic carbocycles. The molecule has 0 fully saturated rings. The van der Waals surface area contributed by atoms with Crippen LogP contribution in [0.3, 0.4) is 0 Å². The van der Waals surface area contributed by atoms with Gasteiger partial charge in [0, 0.05) is 5.69 Å². The van der Waals surface area contributed by atoms with Crippen LogP contribution in [-0.2, 0) is 0 Å². The first-order valence-electron chi connectivity index (χ1n) is 5.89. The van der Waals surface area contributed by atoms with Crippen molar-refractivity contribution in [2.24, 2.45) is 0 Å². The Labute approximate surface area is 104 Å². The van der Waals surface area contributed by atoms with E-state index in [-0.39, 0.29) is 5.54 Å². The number of nitrogens with one attached hydrogen (secondary N) is 1. The lowest BCUT2D eigenvalue weighted by atomic mass is 10.0. The van der Waals surface area contributed by atoms with Crippen LogP contribution in [0.25, 0.3) is 0 Å². The van der Waals surface area contributed by atoms with Crippen LogP contribution in [0, 0.1) is 26.2 Å². The van der Waals surface area contributed by atoms with Crippen molar-refractivity contribution in [1.82, 2.24) is 0 Å². The van der Waals surface area contributed by atoms with E-state index < -0.39 is 0 Å². The van der Waals surface area contributed by atoms with Gasteiger partial charge >= 0.3 is 0 Å². The third-order valence-electron chi connectivity index (χ3n) is 2.57. The topological polar surface area (TPSA) is 21.3 Å². The molecule has 0 unspecified atom stereocenters. The van der Waals surface area contributed by atoms with Crippen LogP contribution in [0.2, 0.25) is 0 Å². The fraction of sp³-hybridized carbons (Fsp3) is 0.467. The summed E-state index contributed by atoms with van der Waals surface area (Å²) < 4.78 is 5.61. The smallest absolute Gasteiger partial charge is 0.125 e. The van der Waals surface area contributed by atoms with E-state index in [4.69, 9.17) is 11.2 Å². The molecule has 0 bridgehead atoms. The second-order valence-electron chi connectivity index (χ2n) is 4.77. The van der Waals surface area contributed by atoms with E-state index in [0.29, 0.717) is 6.61 Å². The van der Waals surface area contributed by atoms with E-state index in [1.165, 1.54) is 0 Å². The van der Waals surface area contributed by atoms with Gasteiger partial charge in [0.2, 0.25) is 0 Å². The van der Waals surface area contributed by atoms with Crippen molar-refractivity contribution in [3.8, 4) is 18.1 Å². The molecule has 0 aliphatic carbocycles. The molecule has 1 N–H and O–H groups in total. The third-order valence-corrected chi connectivity index (χ3v) is 2.57. The van der Waals surface area contributed by atoms with Crippen molar-refractivity contribution in [2.75, 3.05) is 11.9 Å². The van der Waals surface area contributed by atoms with E-state index >= 15 is 0 Å². The highest BCUT2D eigenvalue weighted by Crippen LogP contribution is 2.28. The van der Waals surface area contributed by atoms with Gasteiger partial charge in [0.05, 0.1) is 12.1 Å². The van der Waals surface area contributed by atoms with Crippen molar-refractivity contribution >= 4 is 5.69 Å². The van der Waals surface area contributed by atoms with Crippen LogP contribution >= 0.6 is 0 Å². The molecule has 0 spiro atoms. The fourth-order valence-electron chi connectivity index (χ4n) is 1.79. The Morgan fingerprint density at radius 2 is 1.82 bits per heavy atom. The number of hydrogen-bond acceptors (Lipinski definition) is 2. The number of ether oxygens (including phenoxy) is 1. The predicted molar refractivity (Wildman–Crippen MR) is 73.6 cm³/mol. The van der Waals surface area contributed by atoms with Gasteiger partial charge in [0.25, 0.3) is 0 Å². The fourth-order valence-corrected chi connectivity index (χ4v) is 1.79. The SMILES string of the molecule is C#CC(C)(C)Nc1cc(C)c(OCC)c(C)c1. The average molecular weight is 231 g/mol. The minimum Gasteiger partial charge on any atom is -0.493 e. The van der Waals surface area contributed by atoms with E-state index in [9.17, 15) is 0 Å². The first-order valence-corrected chi connectivity index (χ1v) is 5.89. The molecule has 0 radical (unpaired) electrons. The van der Waals surface area contributed by atoms with Gasteiger partial charge in [-0.15, -0.1) is 6.42 Å². The highest BCUT2D eigenvalue weighted by atomic mass is 16.5. The monoisotopic (exact) mass is 231 g/mol. The minimum absolute atomic E-state index is 0.341. The Hall–Kier alpha value is -1.62. The number of anilines is 1. The second-order valence-corrected chi connectivity index (χ2v) is 4.77. The largest absolute Gasteiger partial charge is 0.493 e. The Bertz CT molecular complexity index is 418. The Morgan fingerprint density at radius 3 is 2.24 bits per heavy atom. The molecular formula is C15H21NO. The Morgan fingerprint density at radius 1 is 1.29 bits per heavy atom. The van der Waals surface area contributed by atoms with E-state index in [0.717, 1.165) is 22.6 Å².